The summed E-state index contributed by atoms with van der Waals surface area (Å²) in [6.45, 7) is 7.50. The molecule has 0 aromatic rings. The molecule has 0 aromatic carbocycles. The largest absolute Gasteiger partial charge is 0.377 e. The van der Waals surface area contributed by atoms with Crippen molar-refractivity contribution in [1.82, 2.24) is 4.90 Å². The van der Waals surface area contributed by atoms with Crippen molar-refractivity contribution in [1.29, 1.82) is 0 Å². The molecule has 5 heteroatoms. The van der Waals surface area contributed by atoms with Gasteiger partial charge in [0.05, 0.1) is 19.3 Å². The molecule has 2 N–H and O–H groups in total. The van der Waals surface area contributed by atoms with E-state index in [9.17, 15) is 0 Å². The summed E-state index contributed by atoms with van der Waals surface area (Å²) in [7, 11) is 0. The number of halogens is 1. The normalized spacial score (nSPS) is 17.8. The zero-order chi connectivity index (χ0) is 11.8. The summed E-state index contributed by atoms with van der Waals surface area (Å²) in [6.07, 6.45) is 5.38. The molecule has 0 aromatic heterocycles. The molecular weight excluding hydrogens is 329 g/mol. The predicted octanol–water partition coefficient (Wildman–Crippen LogP) is 2.22. The number of nitrogens with two attached hydrogens (primary N) is 1. The maximum atomic E-state index is 5.96. The van der Waals surface area contributed by atoms with Crippen molar-refractivity contribution in [2.24, 2.45) is 10.7 Å². The van der Waals surface area contributed by atoms with E-state index in [4.69, 9.17) is 10.5 Å². The molecule has 1 heterocycles. The lowest BCUT2D eigenvalue weighted by atomic mass is 10.2. The Morgan fingerprint density at radius 1 is 1.24 bits per heavy atom. The number of guanidine groups is 1. The third-order valence-electron chi connectivity index (χ3n) is 2.75. The maximum Gasteiger partial charge on any atom is 0.191 e. The average molecular weight is 355 g/mol. The van der Waals surface area contributed by atoms with Crippen molar-refractivity contribution in [2.45, 2.75) is 45.6 Å². The molecule has 1 rings (SSSR count). The highest BCUT2D eigenvalue weighted by atomic mass is 127. The topological polar surface area (TPSA) is 50.9 Å². The number of aliphatic imine (C=N–C) groups is 1. The molecule has 1 aliphatic heterocycles. The monoisotopic (exact) mass is 355 g/mol. The first-order chi connectivity index (χ1) is 7.70. The Hall–Kier alpha value is -0.0400. The minimum Gasteiger partial charge on any atom is -0.377 e. The minimum absolute atomic E-state index is 0. The second kappa shape index (κ2) is 9.94. The number of hydrogen-bond donors (Lipinski definition) is 1. The van der Waals surface area contributed by atoms with Crippen molar-refractivity contribution < 1.29 is 4.74 Å². The third kappa shape index (κ3) is 7.81. The molecule has 0 saturated carbocycles. The first-order valence-electron chi connectivity index (χ1n) is 6.36. The second-order valence-corrected chi connectivity index (χ2v) is 4.56. The SMILES string of the molecule is CC(C)OCCN=C(N)N1CCCCCC1.I. The summed E-state index contributed by atoms with van der Waals surface area (Å²) in [5.41, 5.74) is 5.96. The Morgan fingerprint density at radius 3 is 2.35 bits per heavy atom. The molecule has 4 nitrogen and oxygen atoms in total. The molecule has 1 fully saturated rings. The molecule has 0 unspecified atom stereocenters. The molecule has 0 atom stereocenters. The molecule has 17 heavy (non-hydrogen) atoms. The minimum atomic E-state index is 0. The van der Waals surface area contributed by atoms with Crippen molar-refractivity contribution in [3.05, 3.63) is 0 Å². The van der Waals surface area contributed by atoms with Gasteiger partial charge in [-0.15, -0.1) is 24.0 Å². The van der Waals surface area contributed by atoms with E-state index in [0.717, 1.165) is 13.1 Å². The van der Waals surface area contributed by atoms with Crippen LogP contribution in [0.25, 0.3) is 0 Å². The van der Waals surface area contributed by atoms with E-state index in [1.807, 2.05) is 13.8 Å². The molecular formula is C12H26IN3O. The van der Waals surface area contributed by atoms with Crippen LogP contribution in [0.1, 0.15) is 39.5 Å². The number of nitrogens with zero attached hydrogens (tertiary/aromatic N) is 2. The van der Waals surface area contributed by atoms with Gasteiger partial charge in [0.2, 0.25) is 0 Å². The lowest BCUT2D eigenvalue weighted by Crippen LogP contribution is -2.38. The van der Waals surface area contributed by atoms with Crippen LogP contribution in [0.2, 0.25) is 0 Å². The molecule has 0 radical (unpaired) electrons. The Bertz CT molecular complexity index is 214. The van der Waals surface area contributed by atoms with Gasteiger partial charge in [0.15, 0.2) is 5.96 Å². The van der Waals surface area contributed by atoms with Gasteiger partial charge in [-0.2, -0.15) is 0 Å². The summed E-state index contributed by atoms with van der Waals surface area (Å²) in [6, 6.07) is 0. The fourth-order valence-electron chi connectivity index (χ4n) is 1.85. The summed E-state index contributed by atoms with van der Waals surface area (Å²) in [4.78, 5) is 6.55. The van der Waals surface area contributed by atoms with Crippen LogP contribution in [0.3, 0.4) is 0 Å². The first-order valence-corrected chi connectivity index (χ1v) is 6.36. The Labute approximate surface area is 122 Å². The highest BCUT2D eigenvalue weighted by Crippen LogP contribution is 2.08. The summed E-state index contributed by atoms with van der Waals surface area (Å²) < 4.78 is 5.42. The number of likely N-dealkylation sites (tertiary alicyclic amines) is 1. The van der Waals surface area contributed by atoms with Gasteiger partial charge in [-0.05, 0) is 26.7 Å². The molecule has 0 bridgehead atoms. The van der Waals surface area contributed by atoms with Crippen molar-refractivity contribution in [3.8, 4) is 0 Å². The Kier molecular flexibility index (Phi) is 9.91. The molecule has 0 spiro atoms. The van der Waals surface area contributed by atoms with Gasteiger partial charge in [-0.25, -0.2) is 0 Å². The van der Waals surface area contributed by atoms with Crippen LogP contribution in [0.5, 0.6) is 0 Å². The van der Waals surface area contributed by atoms with E-state index in [1.54, 1.807) is 0 Å². The predicted molar refractivity (Wildman–Crippen MR) is 83.0 cm³/mol. The highest BCUT2D eigenvalue weighted by molar-refractivity contribution is 14.0. The molecule has 0 amide bonds. The van der Waals surface area contributed by atoms with Gasteiger partial charge in [0.1, 0.15) is 0 Å². The van der Waals surface area contributed by atoms with Crippen LogP contribution < -0.4 is 5.73 Å². The lowest BCUT2D eigenvalue weighted by molar-refractivity contribution is 0.0852. The quantitative estimate of drug-likeness (QED) is 0.364. The highest BCUT2D eigenvalue weighted by Gasteiger charge is 2.10. The standard InChI is InChI=1S/C12H25N3O.HI/c1-11(2)16-10-7-14-12(13)15-8-5-3-4-6-9-15;/h11H,3-10H2,1-2H3,(H2,13,14);1H. The zero-order valence-corrected chi connectivity index (χ0v) is 13.4. The van der Waals surface area contributed by atoms with Crippen molar-refractivity contribution in [2.75, 3.05) is 26.2 Å². The van der Waals surface area contributed by atoms with Crippen molar-refractivity contribution >= 4 is 29.9 Å². The molecule has 102 valence electrons. The van der Waals surface area contributed by atoms with Gasteiger partial charge in [-0.1, -0.05) is 12.8 Å². The van der Waals surface area contributed by atoms with Gasteiger partial charge in [0.25, 0.3) is 0 Å². The number of rotatable bonds is 4. The summed E-state index contributed by atoms with van der Waals surface area (Å²) in [5, 5.41) is 0. The van der Waals surface area contributed by atoms with Gasteiger partial charge >= 0.3 is 0 Å². The van der Waals surface area contributed by atoms with E-state index in [1.165, 1.54) is 25.7 Å². The van der Waals surface area contributed by atoms with E-state index < -0.39 is 0 Å². The van der Waals surface area contributed by atoms with Gasteiger partial charge in [-0.3, -0.25) is 4.99 Å². The van der Waals surface area contributed by atoms with Crippen LogP contribution in [0.15, 0.2) is 4.99 Å². The number of hydrogen-bond acceptors (Lipinski definition) is 2. The Morgan fingerprint density at radius 2 is 1.82 bits per heavy atom. The van der Waals surface area contributed by atoms with E-state index >= 15 is 0 Å². The first kappa shape index (κ1) is 17.0. The third-order valence-corrected chi connectivity index (χ3v) is 2.75. The summed E-state index contributed by atoms with van der Waals surface area (Å²) >= 11 is 0. The maximum absolute atomic E-state index is 5.96. The van der Waals surface area contributed by atoms with Crippen molar-refractivity contribution in [3.63, 3.8) is 0 Å². The summed E-state index contributed by atoms with van der Waals surface area (Å²) in [5.74, 6) is 0.689. The van der Waals surface area contributed by atoms with E-state index in [2.05, 4.69) is 9.89 Å². The van der Waals surface area contributed by atoms with E-state index in [0.29, 0.717) is 19.1 Å². The average Bonchev–Trinajstić information content (AvgIpc) is 2.52. The smallest absolute Gasteiger partial charge is 0.191 e. The van der Waals surface area contributed by atoms with Crippen LogP contribution in [0.4, 0.5) is 0 Å². The fraction of sp³-hybridized carbons (Fsp3) is 0.917. The molecule has 1 saturated heterocycles. The van der Waals surface area contributed by atoms with Crippen LogP contribution >= 0.6 is 24.0 Å². The van der Waals surface area contributed by atoms with Crippen LogP contribution in [0, 0.1) is 0 Å². The lowest BCUT2D eigenvalue weighted by Gasteiger charge is -2.21. The fourth-order valence-corrected chi connectivity index (χ4v) is 1.85. The second-order valence-electron chi connectivity index (χ2n) is 4.56. The zero-order valence-electron chi connectivity index (χ0n) is 11.0. The molecule has 1 aliphatic rings. The van der Waals surface area contributed by atoms with Gasteiger partial charge in [0, 0.05) is 13.1 Å². The van der Waals surface area contributed by atoms with E-state index in [-0.39, 0.29) is 30.1 Å². The van der Waals surface area contributed by atoms with Crippen LogP contribution in [-0.2, 0) is 4.74 Å². The number of ether oxygens (including phenoxy) is 1. The van der Waals surface area contributed by atoms with Crippen LogP contribution in [-0.4, -0.2) is 43.2 Å². The van der Waals surface area contributed by atoms with Gasteiger partial charge < -0.3 is 15.4 Å². The Balaban J connectivity index is 0.00000256. The molecule has 0 aliphatic carbocycles.